The van der Waals surface area contributed by atoms with Gasteiger partial charge in [0.15, 0.2) is 0 Å². The van der Waals surface area contributed by atoms with E-state index in [1.807, 2.05) is 19.3 Å². The van der Waals surface area contributed by atoms with Crippen molar-refractivity contribution in [2.75, 3.05) is 26.0 Å². The van der Waals surface area contributed by atoms with Gasteiger partial charge in [0.05, 0.1) is 0 Å². The van der Waals surface area contributed by atoms with E-state index in [0.717, 1.165) is 38.3 Å². The van der Waals surface area contributed by atoms with Crippen LogP contribution in [0.4, 0.5) is 5.82 Å². The predicted molar refractivity (Wildman–Crippen MR) is 104 cm³/mol. The topological polar surface area (TPSA) is 33.1 Å². The van der Waals surface area contributed by atoms with Crippen molar-refractivity contribution in [3.05, 3.63) is 58.9 Å². The molecule has 0 unspecified atom stereocenters. The lowest BCUT2D eigenvalue weighted by Crippen LogP contribution is -2.27. The van der Waals surface area contributed by atoms with Gasteiger partial charge in [0.2, 0.25) is 0 Å². The number of nitrogens with one attached hydrogen (secondary N) is 1. The second-order valence-corrected chi connectivity index (χ2v) is 7.10. The Hall–Kier alpha value is -2.33. The molecule has 1 aliphatic rings. The number of nitrogens with zero attached hydrogens (tertiary/aromatic N) is 3. The van der Waals surface area contributed by atoms with Crippen molar-refractivity contribution in [3.8, 4) is 0 Å². The van der Waals surface area contributed by atoms with E-state index in [0.29, 0.717) is 0 Å². The normalized spacial score (nSPS) is 14.7. The maximum Gasteiger partial charge on any atom is 0.128 e. The number of hydrogen-bond acceptors (Lipinski definition) is 3. The Balaban J connectivity index is 1.74. The number of anilines is 1. The van der Waals surface area contributed by atoms with Gasteiger partial charge in [0.1, 0.15) is 5.82 Å². The predicted octanol–water partition coefficient (Wildman–Crippen LogP) is 3.62. The molecule has 1 aliphatic heterocycles. The van der Waals surface area contributed by atoms with E-state index in [1.54, 1.807) is 0 Å². The number of aryl methyl sites for hydroxylation is 3. The van der Waals surface area contributed by atoms with Crippen LogP contribution in [0.3, 0.4) is 0 Å². The molecule has 130 valence electrons. The average Bonchev–Trinajstić information content (AvgIpc) is 2.92. The summed E-state index contributed by atoms with van der Waals surface area (Å²) in [6, 6.07) is 11.1. The highest BCUT2D eigenvalue weighted by Crippen LogP contribution is 2.31. The number of likely N-dealkylation sites (N-methyl/N-ethyl adjacent to an activating group) is 1. The first-order valence-electron chi connectivity index (χ1n) is 9.08. The Bertz CT molecular complexity index is 910. The van der Waals surface area contributed by atoms with Crippen LogP contribution >= 0.6 is 0 Å². The molecule has 4 heteroatoms. The van der Waals surface area contributed by atoms with Crippen LogP contribution in [0, 0.1) is 6.92 Å². The van der Waals surface area contributed by atoms with Crippen molar-refractivity contribution >= 4 is 16.7 Å². The summed E-state index contributed by atoms with van der Waals surface area (Å²) in [6.07, 6.45) is 3.97. The Kier molecular flexibility index (Phi) is 4.22. The zero-order valence-electron chi connectivity index (χ0n) is 15.3. The SMILES string of the molecule is CNc1ncccc1CCn1c2c(c3cc(C)ccc31)CN(C)CC2. The third-order valence-electron chi connectivity index (χ3n) is 5.33. The molecule has 1 N–H and O–H groups in total. The molecule has 0 saturated heterocycles. The number of pyridine rings is 1. The molecule has 2 aromatic heterocycles. The molecule has 0 fully saturated rings. The fourth-order valence-electron chi connectivity index (χ4n) is 4.05. The standard InChI is InChI=1S/C21H26N4/c1-15-6-7-19-17(13-15)18-14-24(3)11-9-20(18)25(19)12-8-16-5-4-10-23-21(16)22-2/h4-7,10,13H,8-9,11-12,14H2,1-3H3,(H,22,23). The van der Waals surface area contributed by atoms with Gasteiger partial charge in [-0.3, -0.25) is 0 Å². The summed E-state index contributed by atoms with van der Waals surface area (Å²) in [4.78, 5) is 6.87. The molecular weight excluding hydrogens is 308 g/mol. The largest absolute Gasteiger partial charge is 0.373 e. The lowest BCUT2D eigenvalue weighted by atomic mass is 10.0. The highest BCUT2D eigenvalue weighted by atomic mass is 15.1. The summed E-state index contributed by atoms with van der Waals surface area (Å²) in [7, 11) is 4.16. The van der Waals surface area contributed by atoms with E-state index in [2.05, 4.69) is 58.0 Å². The highest BCUT2D eigenvalue weighted by Gasteiger charge is 2.22. The third kappa shape index (κ3) is 2.91. The first-order chi connectivity index (χ1) is 12.2. The molecule has 3 heterocycles. The van der Waals surface area contributed by atoms with E-state index in [1.165, 1.54) is 33.3 Å². The molecule has 0 spiro atoms. The number of aromatic nitrogens is 2. The summed E-state index contributed by atoms with van der Waals surface area (Å²) in [5.41, 5.74) is 7.04. The van der Waals surface area contributed by atoms with Gasteiger partial charge in [0.25, 0.3) is 0 Å². The fourth-order valence-corrected chi connectivity index (χ4v) is 4.05. The average molecular weight is 334 g/mol. The fraction of sp³-hybridized carbons (Fsp3) is 0.381. The van der Waals surface area contributed by atoms with Crippen molar-refractivity contribution < 1.29 is 0 Å². The van der Waals surface area contributed by atoms with Gasteiger partial charge >= 0.3 is 0 Å². The van der Waals surface area contributed by atoms with Crippen molar-refractivity contribution in [1.29, 1.82) is 0 Å². The van der Waals surface area contributed by atoms with E-state index in [4.69, 9.17) is 0 Å². The summed E-state index contributed by atoms with van der Waals surface area (Å²) >= 11 is 0. The van der Waals surface area contributed by atoms with Gasteiger partial charge < -0.3 is 14.8 Å². The summed E-state index contributed by atoms with van der Waals surface area (Å²) in [5.74, 6) is 0.989. The third-order valence-corrected chi connectivity index (χ3v) is 5.33. The second-order valence-electron chi connectivity index (χ2n) is 7.10. The van der Waals surface area contributed by atoms with Crippen LogP contribution in [-0.2, 0) is 25.9 Å². The number of hydrogen-bond donors (Lipinski definition) is 1. The second kappa shape index (κ2) is 6.52. The van der Waals surface area contributed by atoms with Crippen LogP contribution in [0.2, 0.25) is 0 Å². The molecule has 1 aromatic carbocycles. The minimum absolute atomic E-state index is 0.989. The van der Waals surface area contributed by atoms with E-state index < -0.39 is 0 Å². The lowest BCUT2D eigenvalue weighted by Gasteiger charge is -2.24. The molecule has 0 saturated carbocycles. The van der Waals surface area contributed by atoms with Crippen molar-refractivity contribution in [3.63, 3.8) is 0 Å². The molecule has 0 amide bonds. The molecule has 0 aliphatic carbocycles. The Morgan fingerprint density at radius 2 is 2.12 bits per heavy atom. The molecular formula is C21H26N4. The van der Waals surface area contributed by atoms with Gasteiger partial charge in [-0.15, -0.1) is 0 Å². The minimum atomic E-state index is 0.989. The van der Waals surface area contributed by atoms with Gasteiger partial charge in [-0.25, -0.2) is 4.98 Å². The smallest absolute Gasteiger partial charge is 0.128 e. The van der Waals surface area contributed by atoms with Gasteiger partial charge in [-0.2, -0.15) is 0 Å². The van der Waals surface area contributed by atoms with Crippen LogP contribution in [0.15, 0.2) is 36.5 Å². The van der Waals surface area contributed by atoms with E-state index in [-0.39, 0.29) is 0 Å². The van der Waals surface area contributed by atoms with Gasteiger partial charge in [-0.1, -0.05) is 17.7 Å². The van der Waals surface area contributed by atoms with Crippen LogP contribution in [0.25, 0.3) is 10.9 Å². The van der Waals surface area contributed by atoms with E-state index >= 15 is 0 Å². The maximum atomic E-state index is 4.44. The highest BCUT2D eigenvalue weighted by molar-refractivity contribution is 5.86. The zero-order chi connectivity index (χ0) is 17.4. The monoisotopic (exact) mass is 334 g/mol. The van der Waals surface area contributed by atoms with Crippen LogP contribution in [0.5, 0.6) is 0 Å². The molecule has 0 radical (unpaired) electrons. The van der Waals surface area contributed by atoms with Crippen molar-refractivity contribution in [2.24, 2.45) is 0 Å². The summed E-state index contributed by atoms with van der Waals surface area (Å²) < 4.78 is 2.55. The minimum Gasteiger partial charge on any atom is -0.373 e. The molecule has 25 heavy (non-hydrogen) atoms. The Labute approximate surface area is 149 Å². The number of fused-ring (bicyclic) bond motifs is 3. The quantitative estimate of drug-likeness (QED) is 0.791. The first-order valence-corrected chi connectivity index (χ1v) is 9.08. The van der Waals surface area contributed by atoms with E-state index in [9.17, 15) is 0 Å². The zero-order valence-corrected chi connectivity index (χ0v) is 15.3. The van der Waals surface area contributed by atoms with Crippen LogP contribution < -0.4 is 5.32 Å². The van der Waals surface area contributed by atoms with Crippen molar-refractivity contribution in [1.82, 2.24) is 14.5 Å². The van der Waals surface area contributed by atoms with Crippen LogP contribution in [-0.4, -0.2) is 35.1 Å². The van der Waals surface area contributed by atoms with Gasteiger partial charge in [-0.05, 0) is 49.7 Å². The molecule has 0 atom stereocenters. The summed E-state index contributed by atoms with van der Waals surface area (Å²) in [6.45, 7) is 5.37. The molecule has 4 nitrogen and oxygen atoms in total. The molecule has 3 aromatic rings. The molecule has 0 bridgehead atoms. The Morgan fingerprint density at radius 3 is 2.96 bits per heavy atom. The Morgan fingerprint density at radius 1 is 1.24 bits per heavy atom. The maximum absolute atomic E-state index is 4.44. The van der Waals surface area contributed by atoms with Crippen molar-refractivity contribution in [2.45, 2.75) is 32.9 Å². The molecule has 4 rings (SSSR count). The number of rotatable bonds is 4. The lowest BCUT2D eigenvalue weighted by molar-refractivity contribution is 0.309. The summed E-state index contributed by atoms with van der Waals surface area (Å²) in [5, 5.41) is 4.64. The first kappa shape index (κ1) is 16.2. The number of benzene rings is 1. The van der Waals surface area contributed by atoms with Crippen LogP contribution in [0.1, 0.15) is 22.4 Å². The van der Waals surface area contributed by atoms with Gasteiger partial charge in [0, 0.05) is 55.9 Å².